The molecule has 0 heterocycles. The largest absolute Gasteiger partial charge is 0.481 e. The first kappa shape index (κ1) is 13.5. The van der Waals surface area contributed by atoms with Gasteiger partial charge in [0, 0.05) is 6.42 Å². The molecule has 0 saturated heterocycles. The minimum atomic E-state index is -0.679. The van der Waals surface area contributed by atoms with Crippen molar-refractivity contribution in [2.24, 2.45) is 5.92 Å². The second kappa shape index (κ2) is 7.66. The molecule has 0 spiro atoms. The standard InChI is InChI=1S/C13H24O3/c14-12-9-7-11(8-10-12)5-3-1-2-4-6-13(15)16/h11-12,14H,1-10H2,(H,15,16)/t11-,12-. The smallest absolute Gasteiger partial charge is 0.303 e. The molecular formula is C13H24O3. The molecule has 0 unspecified atom stereocenters. The number of carbonyl (C=O) groups is 1. The first-order valence-electron chi connectivity index (χ1n) is 6.58. The number of rotatable bonds is 7. The second-order valence-corrected chi connectivity index (χ2v) is 5.02. The lowest BCUT2D eigenvalue weighted by atomic mass is 9.84. The Kier molecular flexibility index (Phi) is 6.46. The van der Waals surface area contributed by atoms with E-state index in [4.69, 9.17) is 5.11 Å². The van der Waals surface area contributed by atoms with Crippen molar-refractivity contribution in [3.8, 4) is 0 Å². The summed E-state index contributed by atoms with van der Waals surface area (Å²) in [6, 6.07) is 0. The van der Waals surface area contributed by atoms with E-state index in [-0.39, 0.29) is 6.10 Å². The summed E-state index contributed by atoms with van der Waals surface area (Å²) in [6.07, 6.45) is 10.1. The minimum absolute atomic E-state index is 0.0492. The van der Waals surface area contributed by atoms with Gasteiger partial charge in [0.25, 0.3) is 0 Å². The molecule has 1 rings (SSSR count). The zero-order valence-corrected chi connectivity index (χ0v) is 10.0. The van der Waals surface area contributed by atoms with Crippen molar-refractivity contribution in [2.45, 2.75) is 70.3 Å². The molecule has 0 aromatic carbocycles. The molecule has 1 aliphatic rings. The van der Waals surface area contributed by atoms with Crippen LogP contribution in [0.1, 0.15) is 64.2 Å². The van der Waals surface area contributed by atoms with Crippen LogP contribution < -0.4 is 0 Å². The van der Waals surface area contributed by atoms with Gasteiger partial charge < -0.3 is 10.2 Å². The predicted molar refractivity (Wildman–Crippen MR) is 63.3 cm³/mol. The summed E-state index contributed by atoms with van der Waals surface area (Å²) in [5.41, 5.74) is 0. The molecular weight excluding hydrogens is 204 g/mol. The zero-order valence-electron chi connectivity index (χ0n) is 10.0. The van der Waals surface area contributed by atoms with Gasteiger partial charge in [-0.2, -0.15) is 0 Å². The molecule has 0 aromatic heterocycles. The summed E-state index contributed by atoms with van der Waals surface area (Å²) >= 11 is 0. The van der Waals surface area contributed by atoms with E-state index in [0.717, 1.165) is 38.0 Å². The van der Waals surface area contributed by atoms with Crippen LogP contribution in [0.2, 0.25) is 0 Å². The van der Waals surface area contributed by atoms with Crippen LogP contribution in [-0.2, 0) is 4.79 Å². The lowest BCUT2D eigenvalue weighted by Gasteiger charge is -2.25. The number of hydrogen-bond donors (Lipinski definition) is 2. The molecule has 0 radical (unpaired) electrons. The number of aliphatic hydroxyl groups is 1. The Labute approximate surface area is 97.9 Å². The van der Waals surface area contributed by atoms with Gasteiger partial charge in [-0.15, -0.1) is 0 Å². The van der Waals surface area contributed by atoms with Gasteiger partial charge in [-0.3, -0.25) is 4.79 Å². The molecule has 16 heavy (non-hydrogen) atoms. The molecule has 1 saturated carbocycles. The van der Waals surface area contributed by atoms with Crippen LogP contribution in [0, 0.1) is 5.92 Å². The number of hydrogen-bond acceptors (Lipinski definition) is 2. The van der Waals surface area contributed by atoms with E-state index in [2.05, 4.69) is 0 Å². The van der Waals surface area contributed by atoms with Gasteiger partial charge in [0.05, 0.1) is 6.10 Å². The highest BCUT2D eigenvalue weighted by Crippen LogP contribution is 2.28. The normalized spacial score (nSPS) is 25.6. The van der Waals surface area contributed by atoms with Crippen molar-refractivity contribution in [1.29, 1.82) is 0 Å². The van der Waals surface area contributed by atoms with Gasteiger partial charge in [0.15, 0.2) is 0 Å². The van der Waals surface area contributed by atoms with Crippen LogP contribution in [0.15, 0.2) is 0 Å². The number of carboxylic acid groups (broad SMARTS) is 1. The fourth-order valence-corrected chi connectivity index (χ4v) is 2.50. The fourth-order valence-electron chi connectivity index (χ4n) is 2.50. The third-order valence-electron chi connectivity index (χ3n) is 3.57. The number of aliphatic hydroxyl groups excluding tert-OH is 1. The van der Waals surface area contributed by atoms with Gasteiger partial charge >= 0.3 is 5.97 Å². The van der Waals surface area contributed by atoms with Gasteiger partial charge in [-0.25, -0.2) is 0 Å². The van der Waals surface area contributed by atoms with E-state index in [0.29, 0.717) is 6.42 Å². The summed E-state index contributed by atoms with van der Waals surface area (Å²) in [6.45, 7) is 0. The van der Waals surface area contributed by atoms with Gasteiger partial charge in [-0.05, 0) is 38.0 Å². The number of unbranched alkanes of at least 4 members (excludes halogenated alkanes) is 3. The summed E-state index contributed by atoms with van der Waals surface area (Å²) in [5.74, 6) is 0.129. The maximum atomic E-state index is 10.3. The van der Waals surface area contributed by atoms with Gasteiger partial charge in [0.2, 0.25) is 0 Å². The van der Waals surface area contributed by atoms with Crippen molar-refractivity contribution in [2.75, 3.05) is 0 Å². The molecule has 1 aliphatic carbocycles. The molecule has 3 heteroatoms. The van der Waals surface area contributed by atoms with Crippen LogP contribution >= 0.6 is 0 Å². The molecule has 0 aromatic rings. The first-order valence-corrected chi connectivity index (χ1v) is 6.58. The minimum Gasteiger partial charge on any atom is -0.481 e. The molecule has 94 valence electrons. The molecule has 0 bridgehead atoms. The maximum Gasteiger partial charge on any atom is 0.303 e. The molecule has 0 amide bonds. The van der Waals surface area contributed by atoms with E-state index in [9.17, 15) is 9.90 Å². The molecule has 0 aliphatic heterocycles. The first-order chi connectivity index (χ1) is 7.68. The highest BCUT2D eigenvalue weighted by molar-refractivity contribution is 5.66. The fraction of sp³-hybridized carbons (Fsp3) is 0.923. The quantitative estimate of drug-likeness (QED) is 0.659. The summed E-state index contributed by atoms with van der Waals surface area (Å²) in [5, 5.41) is 17.8. The Morgan fingerprint density at radius 1 is 1.00 bits per heavy atom. The topological polar surface area (TPSA) is 57.5 Å². The molecule has 2 N–H and O–H groups in total. The van der Waals surface area contributed by atoms with Crippen LogP contribution in [0.5, 0.6) is 0 Å². The molecule has 0 atom stereocenters. The average molecular weight is 228 g/mol. The van der Waals surface area contributed by atoms with E-state index in [1.807, 2.05) is 0 Å². The number of carboxylic acids is 1. The summed E-state index contributed by atoms with van der Waals surface area (Å²) < 4.78 is 0. The van der Waals surface area contributed by atoms with E-state index < -0.39 is 5.97 Å². The zero-order chi connectivity index (χ0) is 11.8. The Bertz CT molecular complexity index is 195. The number of aliphatic carboxylic acids is 1. The molecule has 3 nitrogen and oxygen atoms in total. The van der Waals surface area contributed by atoms with Crippen molar-refractivity contribution >= 4 is 5.97 Å². The van der Waals surface area contributed by atoms with Crippen molar-refractivity contribution < 1.29 is 15.0 Å². The Balaban J connectivity index is 1.89. The van der Waals surface area contributed by atoms with Gasteiger partial charge in [0.1, 0.15) is 0 Å². The summed E-state index contributed by atoms with van der Waals surface area (Å²) in [7, 11) is 0. The highest BCUT2D eigenvalue weighted by atomic mass is 16.4. The Morgan fingerprint density at radius 2 is 1.62 bits per heavy atom. The van der Waals surface area contributed by atoms with E-state index in [1.54, 1.807) is 0 Å². The van der Waals surface area contributed by atoms with Gasteiger partial charge in [-0.1, -0.05) is 25.7 Å². The van der Waals surface area contributed by atoms with Crippen LogP contribution in [0.3, 0.4) is 0 Å². The Hall–Kier alpha value is -0.570. The van der Waals surface area contributed by atoms with E-state index in [1.165, 1.54) is 25.7 Å². The van der Waals surface area contributed by atoms with E-state index >= 15 is 0 Å². The Morgan fingerprint density at radius 3 is 2.25 bits per heavy atom. The lowest BCUT2D eigenvalue weighted by Crippen LogP contribution is -2.17. The molecule has 1 fully saturated rings. The SMILES string of the molecule is O=C(O)CCCCCC[C@H]1CC[C@H](O)CC1. The lowest BCUT2D eigenvalue weighted by molar-refractivity contribution is -0.137. The summed E-state index contributed by atoms with van der Waals surface area (Å²) in [4.78, 5) is 10.3. The van der Waals surface area contributed by atoms with Crippen LogP contribution in [0.4, 0.5) is 0 Å². The third-order valence-corrected chi connectivity index (χ3v) is 3.57. The van der Waals surface area contributed by atoms with Crippen molar-refractivity contribution in [3.05, 3.63) is 0 Å². The van der Waals surface area contributed by atoms with Crippen molar-refractivity contribution in [1.82, 2.24) is 0 Å². The van der Waals surface area contributed by atoms with Crippen molar-refractivity contribution in [3.63, 3.8) is 0 Å². The van der Waals surface area contributed by atoms with Crippen LogP contribution in [-0.4, -0.2) is 22.3 Å². The highest BCUT2D eigenvalue weighted by Gasteiger charge is 2.18. The third kappa shape index (κ3) is 6.11. The maximum absolute atomic E-state index is 10.3. The van der Waals surface area contributed by atoms with Crippen LogP contribution in [0.25, 0.3) is 0 Å². The predicted octanol–water partition coefficient (Wildman–Crippen LogP) is 2.96. The average Bonchev–Trinajstić information content (AvgIpc) is 2.25. The second-order valence-electron chi connectivity index (χ2n) is 5.02. The monoisotopic (exact) mass is 228 g/mol.